The zero-order chi connectivity index (χ0) is 19.2. The van der Waals surface area contributed by atoms with E-state index >= 15 is 0 Å². The molecule has 1 atom stereocenters. The number of carbonyl (C=O) groups is 2. The first kappa shape index (κ1) is 18.1. The van der Waals surface area contributed by atoms with Gasteiger partial charge in [-0.1, -0.05) is 12.1 Å². The third-order valence-corrected chi connectivity index (χ3v) is 3.63. The molecule has 1 heterocycles. The molecular formula is C18H16FN5O3. The molecule has 1 aliphatic rings. The van der Waals surface area contributed by atoms with Gasteiger partial charge in [0.1, 0.15) is 17.6 Å². The largest absolute Gasteiger partial charge is 0.508 e. The van der Waals surface area contributed by atoms with Crippen molar-refractivity contribution in [2.24, 2.45) is 10.1 Å². The summed E-state index contributed by atoms with van der Waals surface area (Å²) in [6.07, 6.45) is 1.25. The topological polar surface area (TPSA) is 115 Å². The van der Waals surface area contributed by atoms with Crippen molar-refractivity contribution < 1.29 is 19.1 Å². The van der Waals surface area contributed by atoms with Crippen LogP contribution in [0.15, 0.2) is 58.6 Å². The van der Waals surface area contributed by atoms with Crippen molar-refractivity contribution in [2.45, 2.75) is 12.5 Å². The molecular weight excluding hydrogens is 353 g/mol. The quantitative estimate of drug-likeness (QED) is 0.470. The number of rotatable bonds is 5. The molecule has 2 aromatic carbocycles. The van der Waals surface area contributed by atoms with Crippen LogP contribution in [-0.4, -0.2) is 35.1 Å². The first-order chi connectivity index (χ1) is 13.0. The van der Waals surface area contributed by atoms with Crippen molar-refractivity contribution in [3.63, 3.8) is 0 Å². The molecule has 0 fully saturated rings. The van der Waals surface area contributed by atoms with E-state index < -0.39 is 23.7 Å². The summed E-state index contributed by atoms with van der Waals surface area (Å²) >= 11 is 0. The number of benzene rings is 2. The van der Waals surface area contributed by atoms with Crippen molar-refractivity contribution in [1.29, 1.82) is 0 Å². The molecule has 2 aromatic rings. The molecule has 2 amide bonds. The minimum absolute atomic E-state index is 0.0433. The van der Waals surface area contributed by atoms with E-state index in [1.54, 1.807) is 18.2 Å². The lowest BCUT2D eigenvalue weighted by Crippen LogP contribution is -2.35. The van der Waals surface area contributed by atoms with Crippen molar-refractivity contribution >= 4 is 29.7 Å². The molecule has 0 saturated heterocycles. The summed E-state index contributed by atoms with van der Waals surface area (Å²) < 4.78 is 13.5. The Morgan fingerprint density at radius 1 is 1.26 bits per heavy atom. The number of phenols is 1. The van der Waals surface area contributed by atoms with Crippen LogP contribution in [-0.2, 0) is 9.59 Å². The van der Waals surface area contributed by atoms with Crippen LogP contribution < -0.4 is 16.1 Å². The highest BCUT2D eigenvalue weighted by molar-refractivity contribution is 6.07. The Bertz CT molecular complexity index is 911. The molecule has 0 aliphatic carbocycles. The van der Waals surface area contributed by atoms with Gasteiger partial charge in [0.2, 0.25) is 11.9 Å². The molecule has 0 bridgehead atoms. The van der Waals surface area contributed by atoms with E-state index in [4.69, 9.17) is 0 Å². The first-order valence-electron chi connectivity index (χ1n) is 8.02. The van der Waals surface area contributed by atoms with E-state index in [1.807, 2.05) is 0 Å². The number of hydrazone groups is 1. The van der Waals surface area contributed by atoms with E-state index in [0.29, 0.717) is 0 Å². The van der Waals surface area contributed by atoms with Gasteiger partial charge < -0.3 is 10.4 Å². The minimum atomic E-state index is -0.928. The van der Waals surface area contributed by atoms with Gasteiger partial charge in [-0.3, -0.25) is 14.9 Å². The highest BCUT2D eigenvalue weighted by atomic mass is 19.1. The Morgan fingerprint density at radius 2 is 2.00 bits per heavy atom. The minimum Gasteiger partial charge on any atom is -0.508 e. The van der Waals surface area contributed by atoms with Crippen molar-refractivity contribution in [1.82, 2.24) is 10.7 Å². The highest BCUT2D eigenvalue weighted by Gasteiger charge is 2.28. The molecule has 0 spiro atoms. The molecule has 1 aliphatic heterocycles. The Kier molecular flexibility index (Phi) is 5.41. The average molecular weight is 369 g/mol. The maximum absolute atomic E-state index is 13.5. The number of carbonyl (C=O) groups excluding carboxylic acids is 2. The number of amides is 2. The van der Waals surface area contributed by atoms with Crippen LogP contribution in [0.4, 0.5) is 10.1 Å². The number of guanidine groups is 1. The van der Waals surface area contributed by atoms with Gasteiger partial charge in [-0.2, -0.15) is 5.10 Å². The zero-order valence-electron chi connectivity index (χ0n) is 14.0. The highest BCUT2D eigenvalue weighted by Crippen LogP contribution is 2.14. The van der Waals surface area contributed by atoms with Gasteiger partial charge in [-0.05, 0) is 42.0 Å². The average Bonchev–Trinajstić information content (AvgIpc) is 2.98. The lowest BCUT2D eigenvalue weighted by Gasteiger charge is -2.07. The summed E-state index contributed by atoms with van der Waals surface area (Å²) in [5.41, 5.74) is 3.34. The predicted octanol–water partition coefficient (Wildman–Crippen LogP) is 1.34. The number of phenolic OH excluding ortho intramolecular Hbond substituents is 1. The predicted molar refractivity (Wildman–Crippen MR) is 97.8 cm³/mol. The van der Waals surface area contributed by atoms with Gasteiger partial charge in [0.05, 0.1) is 18.3 Å². The summed E-state index contributed by atoms with van der Waals surface area (Å²) in [6.45, 7) is 0. The SMILES string of the molecule is O=C(CC1N=C(N/N=C/c2ccc(O)cc2)NC1=O)Nc1ccccc1F. The Hall–Kier alpha value is -3.75. The normalized spacial score (nSPS) is 16.1. The Labute approximate surface area is 153 Å². The van der Waals surface area contributed by atoms with Crippen molar-refractivity contribution in [3.8, 4) is 5.75 Å². The molecule has 4 N–H and O–H groups in total. The molecule has 8 nitrogen and oxygen atoms in total. The second-order valence-electron chi connectivity index (χ2n) is 5.68. The smallest absolute Gasteiger partial charge is 0.252 e. The van der Waals surface area contributed by atoms with Crippen LogP contribution in [0.5, 0.6) is 5.75 Å². The number of aliphatic imine (C=N–C) groups is 1. The fourth-order valence-electron chi connectivity index (χ4n) is 2.31. The lowest BCUT2D eigenvalue weighted by atomic mass is 10.2. The molecule has 0 saturated carbocycles. The number of nitrogens with zero attached hydrogens (tertiary/aromatic N) is 2. The monoisotopic (exact) mass is 369 g/mol. The molecule has 0 radical (unpaired) electrons. The fraction of sp³-hybridized carbons (Fsp3) is 0.111. The van der Waals surface area contributed by atoms with Gasteiger partial charge in [-0.15, -0.1) is 0 Å². The number of halogens is 1. The van der Waals surface area contributed by atoms with Gasteiger partial charge in [0, 0.05) is 0 Å². The third kappa shape index (κ3) is 4.88. The van der Waals surface area contributed by atoms with Crippen LogP contribution in [0.2, 0.25) is 0 Å². The molecule has 1 unspecified atom stereocenters. The number of aromatic hydroxyl groups is 1. The molecule has 0 aromatic heterocycles. The van der Waals surface area contributed by atoms with Crippen LogP contribution in [0, 0.1) is 5.82 Å². The summed E-state index contributed by atoms with van der Waals surface area (Å²) in [7, 11) is 0. The third-order valence-electron chi connectivity index (χ3n) is 3.63. The van der Waals surface area contributed by atoms with E-state index in [2.05, 4.69) is 26.2 Å². The second-order valence-corrected chi connectivity index (χ2v) is 5.68. The maximum Gasteiger partial charge on any atom is 0.252 e. The number of nitrogens with one attached hydrogen (secondary N) is 3. The zero-order valence-corrected chi connectivity index (χ0v) is 14.0. The van der Waals surface area contributed by atoms with Crippen LogP contribution in [0.25, 0.3) is 0 Å². The number of hydrogen-bond acceptors (Lipinski definition) is 6. The van der Waals surface area contributed by atoms with E-state index in [9.17, 15) is 19.1 Å². The Balaban J connectivity index is 1.55. The summed E-state index contributed by atoms with van der Waals surface area (Å²) in [4.78, 5) is 28.0. The first-order valence-corrected chi connectivity index (χ1v) is 8.02. The Morgan fingerprint density at radius 3 is 2.74 bits per heavy atom. The lowest BCUT2D eigenvalue weighted by molar-refractivity contribution is -0.123. The van der Waals surface area contributed by atoms with Gasteiger partial charge >= 0.3 is 0 Å². The van der Waals surface area contributed by atoms with Crippen LogP contribution in [0.1, 0.15) is 12.0 Å². The van der Waals surface area contributed by atoms with Crippen LogP contribution in [0.3, 0.4) is 0 Å². The fourth-order valence-corrected chi connectivity index (χ4v) is 2.31. The number of hydrogen-bond donors (Lipinski definition) is 4. The van der Waals surface area contributed by atoms with Crippen molar-refractivity contribution in [3.05, 3.63) is 59.9 Å². The van der Waals surface area contributed by atoms with E-state index in [1.165, 1.54) is 36.5 Å². The summed E-state index contributed by atoms with van der Waals surface area (Å²) in [5.74, 6) is -1.29. The van der Waals surface area contributed by atoms with E-state index in [-0.39, 0.29) is 23.8 Å². The van der Waals surface area contributed by atoms with Gasteiger partial charge in [-0.25, -0.2) is 14.8 Å². The maximum atomic E-state index is 13.5. The molecule has 9 heteroatoms. The molecule has 138 valence electrons. The van der Waals surface area contributed by atoms with E-state index in [0.717, 1.165) is 5.56 Å². The standard InChI is InChI=1S/C18H16FN5O3/c19-13-3-1-2-4-14(13)21-16(26)9-15-17(27)23-18(22-15)24-20-10-11-5-7-12(25)8-6-11/h1-8,10,15,25H,9H2,(H,21,26)(H2,22,23,24,27)/b20-10+. The second kappa shape index (κ2) is 8.09. The van der Waals surface area contributed by atoms with Crippen molar-refractivity contribution in [2.75, 3.05) is 5.32 Å². The molecule has 27 heavy (non-hydrogen) atoms. The molecule has 3 rings (SSSR count). The summed E-state index contributed by atoms with van der Waals surface area (Å²) in [6, 6.07) is 11.2. The number of anilines is 1. The van der Waals surface area contributed by atoms with Gasteiger partial charge in [0.25, 0.3) is 5.91 Å². The summed E-state index contributed by atoms with van der Waals surface area (Å²) in [5, 5.41) is 18.0. The van der Waals surface area contributed by atoms with Crippen LogP contribution >= 0.6 is 0 Å². The van der Waals surface area contributed by atoms with Gasteiger partial charge in [0.15, 0.2) is 0 Å². The number of para-hydroxylation sites is 1.